The minimum Gasteiger partial charge on any atom is -0.497 e. The Morgan fingerprint density at radius 3 is 2.52 bits per heavy atom. The van der Waals surface area contributed by atoms with Crippen LogP contribution in [0.25, 0.3) is 16.6 Å². The van der Waals surface area contributed by atoms with E-state index in [4.69, 9.17) is 16.3 Å². The highest BCUT2D eigenvalue weighted by molar-refractivity contribution is 6.30. The summed E-state index contributed by atoms with van der Waals surface area (Å²) in [7, 11) is 1.50. The molecule has 0 saturated heterocycles. The van der Waals surface area contributed by atoms with E-state index in [0.717, 1.165) is 0 Å². The van der Waals surface area contributed by atoms with E-state index >= 15 is 0 Å². The second kappa shape index (κ2) is 5.73. The van der Waals surface area contributed by atoms with Crippen LogP contribution in [0.5, 0.6) is 5.75 Å². The third-order valence-corrected chi connectivity index (χ3v) is 3.62. The number of hydrogen-bond acceptors (Lipinski definition) is 4. The van der Waals surface area contributed by atoms with Gasteiger partial charge in [0.15, 0.2) is 0 Å². The molecule has 0 amide bonds. The lowest BCUT2D eigenvalue weighted by molar-refractivity contribution is 0.0687. The molecule has 0 bridgehead atoms. The van der Waals surface area contributed by atoms with Gasteiger partial charge in [0.1, 0.15) is 5.75 Å². The zero-order chi connectivity index (χ0) is 16.6. The summed E-state index contributed by atoms with van der Waals surface area (Å²) >= 11 is 5.88. The lowest BCUT2D eigenvalue weighted by atomic mass is 10.1. The highest BCUT2D eigenvalue weighted by Crippen LogP contribution is 2.22. The van der Waals surface area contributed by atoms with Crippen LogP contribution in [0.3, 0.4) is 0 Å². The van der Waals surface area contributed by atoms with E-state index in [2.05, 4.69) is 5.10 Å². The first-order valence-corrected chi connectivity index (χ1v) is 6.99. The molecule has 0 fully saturated rings. The number of methoxy groups -OCH3 is 1. The van der Waals surface area contributed by atoms with Gasteiger partial charge in [-0.15, -0.1) is 0 Å². The van der Waals surface area contributed by atoms with Gasteiger partial charge >= 0.3 is 5.97 Å². The topological polar surface area (TPSA) is 81.4 Å². The smallest absolute Gasteiger partial charge is 0.360 e. The number of aromatic nitrogens is 2. The number of nitrogens with zero attached hydrogens (tertiary/aromatic N) is 2. The molecular weight excluding hydrogens is 320 g/mol. The second-order valence-electron chi connectivity index (χ2n) is 4.75. The number of aromatic carboxylic acids is 1. The van der Waals surface area contributed by atoms with Gasteiger partial charge in [0, 0.05) is 11.1 Å². The van der Waals surface area contributed by atoms with Crippen LogP contribution in [-0.4, -0.2) is 28.0 Å². The molecule has 116 valence electrons. The van der Waals surface area contributed by atoms with E-state index < -0.39 is 17.1 Å². The highest BCUT2D eigenvalue weighted by Gasteiger charge is 2.17. The van der Waals surface area contributed by atoms with Crippen LogP contribution in [0, 0.1) is 0 Å². The molecule has 1 heterocycles. The predicted molar refractivity (Wildman–Crippen MR) is 85.9 cm³/mol. The van der Waals surface area contributed by atoms with Crippen molar-refractivity contribution in [3.05, 3.63) is 63.4 Å². The van der Waals surface area contributed by atoms with E-state index in [1.54, 1.807) is 36.4 Å². The first-order valence-electron chi connectivity index (χ1n) is 6.61. The number of carboxylic acids is 1. The fourth-order valence-corrected chi connectivity index (χ4v) is 2.38. The van der Waals surface area contributed by atoms with Gasteiger partial charge in [0.05, 0.1) is 23.7 Å². The monoisotopic (exact) mass is 330 g/mol. The van der Waals surface area contributed by atoms with E-state index in [1.807, 2.05) is 0 Å². The summed E-state index contributed by atoms with van der Waals surface area (Å²) in [5, 5.41) is 14.0. The molecule has 0 aliphatic heterocycles. The molecule has 23 heavy (non-hydrogen) atoms. The molecule has 0 saturated carbocycles. The van der Waals surface area contributed by atoms with E-state index in [-0.39, 0.29) is 5.39 Å². The number of benzene rings is 2. The molecule has 2 aromatic carbocycles. The van der Waals surface area contributed by atoms with Crippen LogP contribution in [0.4, 0.5) is 0 Å². The van der Waals surface area contributed by atoms with Crippen molar-refractivity contribution >= 4 is 28.5 Å². The number of carbonyl (C=O) groups is 1. The maximum atomic E-state index is 12.3. The van der Waals surface area contributed by atoms with Crippen molar-refractivity contribution in [1.82, 2.24) is 9.78 Å². The van der Waals surface area contributed by atoms with Crippen molar-refractivity contribution in [2.45, 2.75) is 0 Å². The first-order chi connectivity index (χ1) is 11.0. The third-order valence-electron chi connectivity index (χ3n) is 3.37. The van der Waals surface area contributed by atoms with Crippen LogP contribution in [0.15, 0.2) is 47.3 Å². The Balaban J connectivity index is 2.42. The Bertz CT molecular complexity index is 964. The molecule has 7 heteroatoms. The lowest BCUT2D eigenvalue weighted by Crippen LogP contribution is -2.22. The van der Waals surface area contributed by atoms with Crippen LogP contribution >= 0.6 is 11.6 Å². The number of halogens is 1. The molecule has 0 unspecified atom stereocenters. The molecule has 1 N–H and O–H groups in total. The standard InChI is InChI=1S/C16H11ClN2O4/c1-23-11-6-7-12-13(8-11)19(10-4-2-9(17)3-5-10)18-14(15(12)20)16(21)22/h2-8H,1H3,(H,21,22). The zero-order valence-electron chi connectivity index (χ0n) is 12.0. The number of ether oxygens (including phenoxy) is 1. The van der Waals surface area contributed by atoms with Crippen molar-refractivity contribution < 1.29 is 14.6 Å². The Labute approximate surface area is 135 Å². The molecule has 6 nitrogen and oxygen atoms in total. The van der Waals surface area contributed by atoms with Gasteiger partial charge in [-0.3, -0.25) is 4.79 Å². The van der Waals surface area contributed by atoms with Crippen molar-refractivity contribution in [2.24, 2.45) is 0 Å². The summed E-state index contributed by atoms with van der Waals surface area (Å²) in [5.41, 5.74) is -0.158. The number of hydrogen-bond donors (Lipinski definition) is 1. The predicted octanol–water partition coefficient (Wildman–Crippen LogP) is 2.75. The SMILES string of the molecule is COc1ccc2c(=O)c(C(=O)O)nn(-c3ccc(Cl)cc3)c2c1. The largest absolute Gasteiger partial charge is 0.497 e. The molecule has 0 radical (unpaired) electrons. The summed E-state index contributed by atoms with van der Waals surface area (Å²) in [5.74, 6) is -0.847. The number of carboxylic acid groups (broad SMARTS) is 1. The van der Waals surface area contributed by atoms with Crippen LogP contribution in [-0.2, 0) is 0 Å². The average Bonchev–Trinajstić information content (AvgIpc) is 2.55. The van der Waals surface area contributed by atoms with Gasteiger partial charge in [0.2, 0.25) is 11.1 Å². The molecule has 0 aliphatic rings. The lowest BCUT2D eigenvalue weighted by Gasteiger charge is -2.12. The van der Waals surface area contributed by atoms with Crippen LogP contribution in [0.2, 0.25) is 5.02 Å². The summed E-state index contributed by atoms with van der Waals surface area (Å²) < 4.78 is 6.56. The summed E-state index contributed by atoms with van der Waals surface area (Å²) in [4.78, 5) is 23.6. The van der Waals surface area contributed by atoms with Crippen molar-refractivity contribution in [1.29, 1.82) is 0 Å². The third kappa shape index (κ3) is 2.64. The van der Waals surface area contributed by atoms with E-state index in [0.29, 0.717) is 22.0 Å². The minimum absolute atomic E-state index is 0.244. The van der Waals surface area contributed by atoms with Gasteiger partial charge < -0.3 is 9.84 Å². The maximum Gasteiger partial charge on any atom is 0.360 e. The molecule has 0 atom stereocenters. The average molecular weight is 331 g/mol. The normalized spacial score (nSPS) is 10.7. The summed E-state index contributed by atoms with van der Waals surface area (Å²) in [6, 6.07) is 11.4. The van der Waals surface area contributed by atoms with Gasteiger partial charge in [-0.05, 0) is 36.4 Å². The fraction of sp³-hybridized carbons (Fsp3) is 0.0625. The molecule has 3 rings (SSSR count). The summed E-state index contributed by atoms with van der Waals surface area (Å²) in [6.45, 7) is 0. The van der Waals surface area contributed by atoms with Gasteiger partial charge in [0.25, 0.3) is 0 Å². The molecular formula is C16H11ClN2O4. The quantitative estimate of drug-likeness (QED) is 0.798. The molecule has 0 aliphatic carbocycles. The van der Waals surface area contributed by atoms with Crippen LogP contribution in [0.1, 0.15) is 10.5 Å². The zero-order valence-corrected chi connectivity index (χ0v) is 12.7. The minimum atomic E-state index is -1.38. The van der Waals surface area contributed by atoms with E-state index in [9.17, 15) is 14.7 Å². The van der Waals surface area contributed by atoms with Crippen LogP contribution < -0.4 is 10.2 Å². The van der Waals surface area contributed by atoms with Gasteiger partial charge in [-0.2, -0.15) is 5.10 Å². The van der Waals surface area contributed by atoms with E-state index in [1.165, 1.54) is 17.9 Å². The van der Waals surface area contributed by atoms with Crippen molar-refractivity contribution in [3.63, 3.8) is 0 Å². The Morgan fingerprint density at radius 1 is 1.22 bits per heavy atom. The Kier molecular flexibility index (Phi) is 3.75. The van der Waals surface area contributed by atoms with Crippen molar-refractivity contribution in [3.8, 4) is 11.4 Å². The molecule has 3 aromatic rings. The van der Waals surface area contributed by atoms with Gasteiger partial charge in [-0.25, -0.2) is 9.48 Å². The maximum absolute atomic E-state index is 12.3. The fourth-order valence-electron chi connectivity index (χ4n) is 2.25. The Hall–Kier alpha value is -2.86. The van der Waals surface area contributed by atoms with Crippen molar-refractivity contribution in [2.75, 3.05) is 7.11 Å². The highest BCUT2D eigenvalue weighted by atomic mass is 35.5. The molecule has 1 aromatic heterocycles. The first kappa shape index (κ1) is 15.1. The number of rotatable bonds is 3. The number of fused-ring (bicyclic) bond motifs is 1. The second-order valence-corrected chi connectivity index (χ2v) is 5.19. The summed E-state index contributed by atoms with van der Waals surface area (Å²) in [6.07, 6.45) is 0. The molecule has 0 spiro atoms. The Morgan fingerprint density at radius 2 is 1.91 bits per heavy atom. The van der Waals surface area contributed by atoms with Gasteiger partial charge in [-0.1, -0.05) is 11.6 Å².